The van der Waals surface area contributed by atoms with Gasteiger partial charge in [-0.3, -0.25) is 23.6 Å². The second-order valence-corrected chi connectivity index (χ2v) is 8.69. The molecule has 0 saturated carbocycles. The van der Waals surface area contributed by atoms with Gasteiger partial charge in [0.1, 0.15) is 5.65 Å². The highest BCUT2D eigenvalue weighted by Crippen LogP contribution is 2.26. The average molecular weight is 436 g/mol. The van der Waals surface area contributed by atoms with E-state index in [1.807, 2.05) is 36.4 Å². The summed E-state index contributed by atoms with van der Waals surface area (Å²) in [7, 11) is 5.03. The summed E-state index contributed by atoms with van der Waals surface area (Å²) in [5.41, 5.74) is 1.52. The second-order valence-electron chi connectivity index (χ2n) is 8.69. The van der Waals surface area contributed by atoms with Gasteiger partial charge in [0.15, 0.2) is 0 Å². The fraction of sp³-hybridized carbons (Fsp3) is 0.417. The maximum absolute atomic E-state index is 13.0. The number of likely N-dealkylation sites (tertiary alicyclic amines) is 1. The van der Waals surface area contributed by atoms with E-state index in [0.717, 1.165) is 41.8 Å². The van der Waals surface area contributed by atoms with Crippen molar-refractivity contribution in [2.45, 2.75) is 25.3 Å². The number of hydrogen-bond acceptors (Lipinski definition) is 5. The molecule has 168 valence electrons. The van der Waals surface area contributed by atoms with Crippen molar-refractivity contribution < 1.29 is 4.79 Å². The molecule has 1 amide bonds. The van der Waals surface area contributed by atoms with Crippen LogP contribution in [0, 0.1) is 0 Å². The van der Waals surface area contributed by atoms with Gasteiger partial charge in [0.2, 0.25) is 5.91 Å². The summed E-state index contributed by atoms with van der Waals surface area (Å²) in [6.45, 7) is 2.33. The minimum Gasteiger partial charge on any atom is -0.348 e. The molecule has 0 unspecified atom stereocenters. The number of fused-ring (bicyclic) bond motifs is 1. The molecule has 1 aliphatic rings. The number of likely N-dealkylation sites (N-methyl/N-ethyl adjacent to an activating group) is 1. The van der Waals surface area contributed by atoms with E-state index < -0.39 is 0 Å². The molecule has 1 fully saturated rings. The summed E-state index contributed by atoms with van der Waals surface area (Å²) >= 11 is 0. The zero-order chi connectivity index (χ0) is 22.8. The molecule has 32 heavy (non-hydrogen) atoms. The maximum atomic E-state index is 13.0. The summed E-state index contributed by atoms with van der Waals surface area (Å²) in [5.74, 6) is 0.227. The SMILES string of the molecule is CN(C)C(=O)CN1CCC[C@H](c2ccc3c(=O)n(C)c(=O)n(Cc4ccccc4)c3n2)C1. The predicted molar refractivity (Wildman–Crippen MR) is 124 cm³/mol. The third-order valence-electron chi connectivity index (χ3n) is 6.17. The van der Waals surface area contributed by atoms with Crippen molar-refractivity contribution in [3.8, 4) is 0 Å². The number of hydrogen-bond donors (Lipinski definition) is 0. The fourth-order valence-electron chi connectivity index (χ4n) is 4.28. The van der Waals surface area contributed by atoms with Gasteiger partial charge in [-0.2, -0.15) is 0 Å². The summed E-state index contributed by atoms with van der Waals surface area (Å²) in [6.07, 6.45) is 1.93. The summed E-state index contributed by atoms with van der Waals surface area (Å²) in [4.78, 5) is 46.5. The molecule has 4 rings (SSSR count). The number of amides is 1. The van der Waals surface area contributed by atoms with E-state index in [9.17, 15) is 14.4 Å². The lowest BCUT2D eigenvalue weighted by atomic mass is 9.94. The van der Waals surface area contributed by atoms with Crippen molar-refractivity contribution >= 4 is 16.9 Å². The molecule has 2 aromatic heterocycles. The molecule has 1 aromatic carbocycles. The zero-order valence-electron chi connectivity index (χ0n) is 18.8. The fourth-order valence-corrected chi connectivity index (χ4v) is 4.28. The predicted octanol–water partition coefficient (Wildman–Crippen LogP) is 1.41. The third-order valence-corrected chi connectivity index (χ3v) is 6.17. The molecule has 3 heterocycles. The summed E-state index contributed by atoms with van der Waals surface area (Å²) in [5, 5.41) is 0.433. The second kappa shape index (κ2) is 9.08. The number of nitrogens with zero attached hydrogens (tertiary/aromatic N) is 5. The quantitative estimate of drug-likeness (QED) is 0.605. The lowest BCUT2D eigenvalue weighted by molar-refractivity contribution is -0.130. The first kappa shape index (κ1) is 22.0. The molecule has 0 bridgehead atoms. The Bertz CT molecular complexity index is 1250. The van der Waals surface area contributed by atoms with Gasteiger partial charge in [0.25, 0.3) is 5.56 Å². The van der Waals surface area contributed by atoms with Crippen LogP contribution in [0.4, 0.5) is 0 Å². The molecule has 1 saturated heterocycles. The van der Waals surface area contributed by atoms with Crippen LogP contribution in [0.5, 0.6) is 0 Å². The van der Waals surface area contributed by atoms with Crippen molar-refractivity contribution in [2.24, 2.45) is 7.05 Å². The molecule has 0 radical (unpaired) electrons. The van der Waals surface area contributed by atoms with E-state index >= 15 is 0 Å². The highest BCUT2D eigenvalue weighted by Gasteiger charge is 2.25. The molecule has 1 atom stereocenters. The Labute approximate surface area is 186 Å². The first-order valence-electron chi connectivity index (χ1n) is 10.9. The maximum Gasteiger partial charge on any atom is 0.332 e. The largest absolute Gasteiger partial charge is 0.348 e. The zero-order valence-corrected chi connectivity index (χ0v) is 18.8. The van der Waals surface area contributed by atoms with Crippen LogP contribution in [-0.4, -0.2) is 63.6 Å². The lowest BCUT2D eigenvalue weighted by Crippen LogP contribution is -2.42. The molecule has 0 N–H and O–H groups in total. The van der Waals surface area contributed by atoms with Crippen molar-refractivity contribution in [1.82, 2.24) is 23.9 Å². The minimum absolute atomic E-state index is 0.0808. The summed E-state index contributed by atoms with van der Waals surface area (Å²) < 4.78 is 2.72. The van der Waals surface area contributed by atoms with Gasteiger partial charge in [0.05, 0.1) is 18.5 Å². The van der Waals surface area contributed by atoms with E-state index in [-0.39, 0.29) is 23.1 Å². The first-order chi connectivity index (χ1) is 15.3. The standard InChI is InChI=1S/C24H29N5O3/c1-26(2)21(30)16-28-13-7-10-18(15-28)20-12-11-19-22(25-20)29(24(32)27(3)23(19)31)14-17-8-5-4-6-9-17/h4-6,8-9,11-12,18H,7,10,13-16H2,1-3H3/t18-/m0/s1. The summed E-state index contributed by atoms with van der Waals surface area (Å²) in [6, 6.07) is 13.4. The number of pyridine rings is 1. The van der Waals surface area contributed by atoms with E-state index in [1.165, 1.54) is 7.05 Å². The normalized spacial score (nSPS) is 16.9. The minimum atomic E-state index is -0.377. The molecular weight excluding hydrogens is 406 g/mol. The van der Waals surface area contributed by atoms with Gasteiger partial charge in [0, 0.05) is 39.3 Å². The Morgan fingerprint density at radius 3 is 2.59 bits per heavy atom. The number of benzene rings is 1. The van der Waals surface area contributed by atoms with E-state index in [0.29, 0.717) is 24.1 Å². The van der Waals surface area contributed by atoms with E-state index in [2.05, 4.69) is 4.90 Å². The Kier molecular flexibility index (Phi) is 6.23. The van der Waals surface area contributed by atoms with Gasteiger partial charge in [-0.15, -0.1) is 0 Å². The van der Waals surface area contributed by atoms with Crippen molar-refractivity contribution in [1.29, 1.82) is 0 Å². The average Bonchev–Trinajstić information content (AvgIpc) is 2.81. The number of rotatable bonds is 5. The van der Waals surface area contributed by atoms with Gasteiger partial charge < -0.3 is 4.90 Å². The number of carbonyl (C=O) groups excluding carboxylic acids is 1. The van der Waals surface area contributed by atoms with Crippen LogP contribution in [0.3, 0.4) is 0 Å². The molecule has 3 aromatic rings. The van der Waals surface area contributed by atoms with Crippen LogP contribution in [0.15, 0.2) is 52.1 Å². The first-order valence-corrected chi connectivity index (χ1v) is 10.9. The third kappa shape index (κ3) is 4.36. The Morgan fingerprint density at radius 1 is 1.12 bits per heavy atom. The molecular formula is C24H29N5O3. The van der Waals surface area contributed by atoms with Crippen LogP contribution in [0.2, 0.25) is 0 Å². The van der Waals surface area contributed by atoms with Crippen LogP contribution in [-0.2, 0) is 18.4 Å². The van der Waals surface area contributed by atoms with Crippen molar-refractivity contribution in [3.63, 3.8) is 0 Å². The molecule has 8 nitrogen and oxygen atoms in total. The molecule has 8 heteroatoms. The Morgan fingerprint density at radius 2 is 1.88 bits per heavy atom. The Balaban J connectivity index is 1.72. The number of carbonyl (C=O) groups is 1. The van der Waals surface area contributed by atoms with E-state index in [1.54, 1.807) is 29.6 Å². The topological polar surface area (TPSA) is 80.4 Å². The lowest BCUT2D eigenvalue weighted by Gasteiger charge is -2.32. The number of piperidine rings is 1. The Hall–Kier alpha value is -3.26. The highest BCUT2D eigenvalue weighted by atomic mass is 16.2. The van der Waals surface area contributed by atoms with Crippen molar-refractivity contribution in [2.75, 3.05) is 33.7 Å². The molecule has 0 aliphatic carbocycles. The monoisotopic (exact) mass is 435 g/mol. The highest BCUT2D eigenvalue weighted by molar-refractivity contribution is 5.77. The van der Waals surface area contributed by atoms with E-state index in [4.69, 9.17) is 4.98 Å². The van der Waals surface area contributed by atoms with Crippen LogP contribution in [0.25, 0.3) is 11.0 Å². The van der Waals surface area contributed by atoms with Gasteiger partial charge in [-0.05, 0) is 37.1 Å². The van der Waals surface area contributed by atoms with Gasteiger partial charge in [-0.1, -0.05) is 30.3 Å². The number of aromatic nitrogens is 3. The van der Waals surface area contributed by atoms with Gasteiger partial charge >= 0.3 is 5.69 Å². The molecule has 0 spiro atoms. The van der Waals surface area contributed by atoms with Gasteiger partial charge in [-0.25, -0.2) is 9.78 Å². The van der Waals surface area contributed by atoms with Crippen LogP contribution >= 0.6 is 0 Å². The van der Waals surface area contributed by atoms with Crippen molar-refractivity contribution in [3.05, 3.63) is 74.6 Å². The molecule has 1 aliphatic heterocycles. The smallest absolute Gasteiger partial charge is 0.332 e. The van der Waals surface area contributed by atoms with Crippen LogP contribution in [0.1, 0.15) is 30.0 Å². The van der Waals surface area contributed by atoms with Crippen LogP contribution < -0.4 is 11.2 Å².